The summed E-state index contributed by atoms with van der Waals surface area (Å²) in [4.78, 5) is 4.58. The molecular formula is C16H23BrN2O2. The summed E-state index contributed by atoms with van der Waals surface area (Å²) >= 11 is 3.45. The Morgan fingerprint density at radius 1 is 1.33 bits per heavy atom. The fourth-order valence-corrected chi connectivity index (χ4v) is 3.87. The van der Waals surface area contributed by atoms with Gasteiger partial charge in [0, 0.05) is 30.5 Å². The summed E-state index contributed by atoms with van der Waals surface area (Å²) in [7, 11) is 2.03. The number of aromatic nitrogens is 1. The molecule has 1 spiro atoms. The van der Waals surface area contributed by atoms with E-state index in [4.69, 9.17) is 9.47 Å². The van der Waals surface area contributed by atoms with E-state index in [1.165, 1.54) is 0 Å². The first kappa shape index (κ1) is 15.4. The molecule has 0 bridgehead atoms. The van der Waals surface area contributed by atoms with Gasteiger partial charge in [-0.25, -0.2) is 0 Å². The second-order valence-electron chi connectivity index (χ2n) is 6.06. The number of pyridine rings is 1. The van der Waals surface area contributed by atoms with Gasteiger partial charge in [-0.05, 0) is 66.7 Å². The number of nitrogens with one attached hydrogen (secondary N) is 1. The van der Waals surface area contributed by atoms with Gasteiger partial charge in [-0.1, -0.05) is 0 Å². The highest BCUT2D eigenvalue weighted by Gasteiger charge is 2.41. The Bertz CT molecular complexity index is 454. The average Bonchev–Trinajstić information content (AvgIpc) is 2.51. The lowest BCUT2D eigenvalue weighted by Gasteiger charge is -2.45. The van der Waals surface area contributed by atoms with Crippen molar-refractivity contribution in [2.75, 3.05) is 26.9 Å². The van der Waals surface area contributed by atoms with Crippen molar-refractivity contribution in [3.05, 3.63) is 28.5 Å². The van der Waals surface area contributed by atoms with Crippen molar-refractivity contribution in [1.82, 2.24) is 10.3 Å². The zero-order valence-corrected chi connectivity index (χ0v) is 14.1. The van der Waals surface area contributed by atoms with Crippen LogP contribution >= 0.6 is 15.9 Å². The molecule has 3 heterocycles. The van der Waals surface area contributed by atoms with Gasteiger partial charge in [0.15, 0.2) is 0 Å². The van der Waals surface area contributed by atoms with Crippen LogP contribution in [0.3, 0.4) is 0 Å². The van der Waals surface area contributed by atoms with Crippen LogP contribution in [0.2, 0.25) is 0 Å². The van der Waals surface area contributed by atoms with E-state index in [0.717, 1.165) is 55.7 Å². The largest absolute Gasteiger partial charge is 0.381 e. The van der Waals surface area contributed by atoms with E-state index in [1.54, 1.807) is 0 Å². The third-order valence-electron chi connectivity index (χ3n) is 4.79. The Morgan fingerprint density at radius 3 is 2.81 bits per heavy atom. The first-order valence-electron chi connectivity index (χ1n) is 7.73. The van der Waals surface area contributed by atoms with Crippen LogP contribution in [0.15, 0.2) is 22.8 Å². The molecule has 21 heavy (non-hydrogen) atoms. The van der Waals surface area contributed by atoms with E-state index < -0.39 is 0 Å². The van der Waals surface area contributed by atoms with Crippen LogP contribution in [0.4, 0.5) is 0 Å². The van der Waals surface area contributed by atoms with Crippen molar-refractivity contribution in [3.8, 4) is 0 Å². The third-order valence-corrected chi connectivity index (χ3v) is 5.26. The van der Waals surface area contributed by atoms with E-state index in [2.05, 4.69) is 38.4 Å². The number of rotatable bonds is 3. The van der Waals surface area contributed by atoms with Gasteiger partial charge in [-0.3, -0.25) is 4.98 Å². The van der Waals surface area contributed by atoms with Crippen molar-refractivity contribution in [2.45, 2.75) is 37.3 Å². The molecule has 2 fully saturated rings. The summed E-state index contributed by atoms with van der Waals surface area (Å²) in [6, 6.07) is 4.47. The molecule has 2 unspecified atom stereocenters. The number of nitrogens with zero attached hydrogens (tertiary/aromatic N) is 1. The Kier molecular flexibility index (Phi) is 4.94. The van der Waals surface area contributed by atoms with Crippen LogP contribution in [-0.2, 0) is 9.47 Å². The summed E-state index contributed by atoms with van der Waals surface area (Å²) < 4.78 is 12.7. The van der Waals surface area contributed by atoms with Crippen LogP contribution in [0, 0.1) is 5.92 Å². The molecule has 2 aliphatic heterocycles. The Labute approximate surface area is 134 Å². The predicted molar refractivity (Wildman–Crippen MR) is 85.2 cm³/mol. The summed E-state index contributed by atoms with van der Waals surface area (Å²) in [5, 5.41) is 3.46. The lowest BCUT2D eigenvalue weighted by molar-refractivity contribution is -0.150. The maximum atomic E-state index is 6.15. The Hall–Kier alpha value is -0.490. The average molecular weight is 355 g/mol. The van der Waals surface area contributed by atoms with Crippen LogP contribution in [0.25, 0.3) is 0 Å². The minimum atomic E-state index is 0.0334. The maximum absolute atomic E-state index is 6.15. The molecule has 0 amide bonds. The number of ether oxygens (including phenoxy) is 2. The quantitative estimate of drug-likeness (QED) is 0.905. The fraction of sp³-hybridized carbons (Fsp3) is 0.688. The minimum Gasteiger partial charge on any atom is -0.381 e. The molecule has 3 rings (SSSR count). The highest BCUT2D eigenvalue weighted by molar-refractivity contribution is 9.10. The molecule has 2 atom stereocenters. The lowest BCUT2D eigenvalue weighted by Crippen LogP contribution is -2.46. The van der Waals surface area contributed by atoms with Gasteiger partial charge in [0.2, 0.25) is 0 Å². The lowest BCUT2D eigenvalue weighted by atomic mass is 9.77. The fourth-order valence-electron chi connectivity index (χ4n) is 3.64. The SMILES string of the molecule is CNC(c1ccc(Br)cn1)C1CCOC2(CCOCC2)C1. The van der Waals surface area contributed by atoms with Crippen LogP contribution in [0.1, 0.15) is 37.4 Å². The molecule has 5 heteroatoms. The van der Waals surface area contributed by atoms with E-state index >= 15 is 0 Å². The molecule has 1 aromatic rings. The highest BCUT2D eigenvalue weighted by atomic mass is 79.9. The van der Waals surface area contributed by atoms with Crippen molar-refractivity contribution < 1.29 is 9.47 Å². The van der Waals surface area contributed by atoms with Crippen molar-refractivity contribution in [1.29, 1.82) is 0 Å². The van der Waals surface area contributed by atoms with Gasteiger partial charge in [0.25, 0.3) is 0 Å². The number of hydrogen-bond acceptors (Lipinski definition) is 4. The standard InChI is InChI=1S/C16H23BrN2O2/c1-18-15(14-3-2-13(17)11-19-14)12-4-7-21-16(10-12)5-8-20-9-6-16/h2-3,11-12,15,18H,4-10H2,1H3. The molecule has 0 saturated carbocycles. The van der Waals surface area contributed by atoms with Gasteiger partial charge in [-0.15, -0.1) is 0 Å². The predicted octanol–water partition coefficient (Wildman–Crippen LogP) is 3.08. The Balaban J connectivity index is 1.75. The van der Waals surface area contributed by atoms with Crippen LogP contribution < -0.4 is 5.32 Å². The second kappa shape index (κ2) is 6.73. The van der Waals surface area contributed by atoms with Crippen LogP contribution in [0.5, 0.6) is 0 Å². The van der Waals surface area contributed by atoms with Gasteiger partial charge in [0.05, 0.1) is 17.3 Å². The molecule has 1 N–H and O–H groups in total. The molecule has 4 nitrogen and oxygen atoms in total. The van der Waals surface area contributed by atoms with Gasteiger partial charge in [-0.2, -0.15) is 0 Å². The van der Waals surface area contributed by atoms with E-state index in [1.807, 2.05) is 13.2 Å². The summed E-state index contributed by atoms with van der Waals surface area (Å²) in [5.74, 6) is 0.565. The van der Waals surface area contributed by atoms with Gasteiger partial charge in [0.1, 0.15) is 0 Å². The normalized spacial score (nSPS) is 26.7. The summed E-state index contributed by atoms with van der Waals surface area (Å²) in [6.07, 6.45) is 6.11. The second-order valence-corrected chi connectivity index (χ2v) is 6.98. The maximum Gasteiger partial charge on any atom is 0.0729 e. The van der Waals surface area contributed by atoms with E-state index in [9.17, 15) is 0 Å². The topological polar surface area (TPSA) is 43.4 Å². The monoisotopic (exact) mass is 354 g/mol. The molecule has 0 aromatic carbocycles. The van der Waals surface area contributed by atoms with Gasteiger partial charge >= 0.3 is 0 Å². The molecule has 0 aliphatic carbocycles. The zero-order chi connectivity index (χ0) is 14.7. The van der Waals surface area contributed by atoms with E-state index in [0.29, 0.717) is 12.0 Å². The molecule has 2 aliphatic rings. The van der Waals surface area contributed by atoms with Gasteiger partial charge < -0.3 is 14.8 Å². The summed E-state index contributed by atoms with van der Waals surface area (Å²) in [6.45, 7) is 2.50. The third kappa shape index (κ3) is 3.47. The number of halogens is 1. The smallest absolute Gasteiger partial charge is 0.0729 e. The van der Waals surface area contributed by atoms with Crippen molar-refractivity contribution in [3.63, 3.8) is 0 Å². The van der Waals surface area contributed by atoms with Crippen molar-refractivity contribution in [2.24, 2.45) is 5.92 Å². The zero-order valence-electron chi connectivity index (χ0n) is 12.5. The summed E-state index contributed by atoms with van der Waals surface area (Å²) in [5.41, 5.74) is 1.15. The molecule has 2 saturated heterocycles. The molecular weight excluding hydrogens is 332 g/mol. The molecule has 116 valence electrons. The first-order chi connectivity index (χ1) is 10.2. The van der Waals surface area contributed by atoms with Crippen LogP contribution in [-0.4, -0.2) is 37.5 Å². The minimum absolute atomic E-state index is 0.0334. The molecule has 1 aromatic heterocycles. The highest BCUT2D eigenvalue weighted by Crippen LogP contribution is 2.41. The first-order valence-corrected chi connectivity index (χ1v) is 8.52. The number of hydrogen-bond donors (Lipinski definition) is 1. The molecule has 0 radical (unpaired) electrons. The van der Waals surface area contributed by atoms with E-state index in [-0.39, 0.29) is 5.60 Å². The van der Waals surface area contributed by atoms with Crippen molar-refractivity contribution >= 4 is 15.9 Å². The Morgan fingerprint density at radius 2 is 2.14 bits per heavy atom.